The Morgan fingerprint density at radius 2 is 1.96 bits per heavy atom. The zero-order valence-corrected chi connectivity index (χ0v) is 16.2. The summed E-state index contributed by atoms with van der Waals surface area (Å²) in [6.45, 7) is 7.39. The maximum absolute atomic E-state index is 10.2. The number of oxazole rings is 1. The van der Waals surface area contributed by atoms with E-state index in [0.717, 1.165) is 36.8 Å². The second kappa shape index (κ2) is 5.58. The van der Waals surface area contributed by atoms with E-state index in [0.29, 0.717) is 17.3 Å². The number of aliphatic hydroxyl groups excluding tert-OH is 1. The van der Waals surface area contributed by atoms with Crippen LogP contribution in [0.1, 0.15) is 65.0 Å². The van der Waals surface area contributed by atoms with Crippen LogP contribution in [0.4, 0.5) is 0 Å². The number of aromatic nitrogens is 1. The SMILES string of the molecule is C[C@@H]1C=C2C[C@H](O)CC[C@]2(C)[C@H]2CC[C@]3(C)C(c4cocn4)=CC[C@H]3[C@H]12. The van der Waals surface area contributed by atoms with E-state index < -0.39 is 0 Å². The van der Waals surface area contributed by atoms with Crippen LogP contribution in [0.5, 0.6) is 0 Å². The van der Waals surface area contributed by atoms with Gasteiger partial charge in [0.1, 0.15) is 12.0 Å². The highest BCUT2D eigenvalue weighted by molar-refractivity contribution is 5.70. The second-order valence-corrected chi connectivity index (χ2v) is 9.84. The third-order valence-corrected chi connectivity index (χ3v) is 8.70. The van der Waals surface area contributed by atoms with Gasteiger partial charge in [-0.15, -0.1) is 0 Å². The van der Waals surface area contributed by atoms with Crippen molar-refractivity contribution in [3.05, 3.63) is 36.1 Å². The minimum Gasteiger partial charge on any atom is -0.451 e. The van der Waals surface area contributed by atoms with Gasteiger partial charge in [0.25, 0.3) is 0 Å². The predicted molar refractivity (Wildman–Crippen MR) is 102 cm³/mol. The molecule has 2 saturated carbocycles. The lowest BCUT2D eigenvalue weighted by atomic mass is 9.45. The minimum atomic E-state index is -0.126. The molecule has 4 aliphatic carbocycles. The first-order valence-corrected chi connectivity index (χ1v) is 10.4. The van der Waals surface area contributed by atoms with Gasteiger partial charge in [-0.05, 0) is 78.6 Å². The molecule has 1 aromatic rings. The zero-order valence-electron chi connectivity index (χ0n) is 16.2. The molecule has 1 heterocycles. The summed E-state index contributed by atoms with van der Waals surface area (Å²) in [4.78, 5) is 4.47. The van der Waals surface area contributed by atoms with Gasteiger partial charge in [0.2, 0.25) is 0 Å². The Bertz CT molecular complexity index is 763. The largest absolute Gasteiger partial charge is 0.451 e. The molecule has 5 rings (SSSR count). The van der Waals surface area contributed by atoms with Gasteiger partial charge in [0.05, 0.1) is 6.10 Å². The average Bonchev–Trinajstić information content (AvgIpc) is 3.23. The number of hydrogen-bond donors (Lipinski definition) is 1. The van der Waals surface area contributed by atoms with Crippen LogP contribution in [-0.2, 0) is 0 Å². The van der Waals surface area contributed by atoms with Gasteiger partial charge >= 0.3 is 0 Å². The highest BCUT2D eigenvalue weighted by Crippen LogP contribution is 2.67. The molecule has 0 saturated heterocycles. The molecule has 1 N–H and O–H groups in total. The number of nitrogens with zero attached hydrogens (tertiary/aromatic N) is 1. The third-order valence-electron chi connectivity index (χ3n) is 8.70. The Morgan fingerprint density at radius 3 is 2.73 bits per heavy atom. The minimum absolute atomic E-state index is 0.126. The fourth-order valence-electron chi connectivity index (χ4n) is 7.31. The van der Waals surface area contributed by atoms with Crippen molar-refractivity contribution in [2.24, 2.45) is 34.5 Å². The molecular weight excluding hydrogens is 322 g/mol. The summed E-state index contributed by atoms with van der Waals surface area (Å²) in [5.41, 5.74) is 4.54. The molecular formula is C23H31NO2. The molecule has 3 nitrogen and oxygen atoms in total. The summed E-state index contributed by atoms with van der Waals surface area (Å²) in [5, 5.41) is 10.2. The van der Waals surface area contributed by atoms with Gasteiger partial charge in [-0.1, -0.05) is 38.5 Å². The van der Waals surface area contributed by atoms with Gasteiger partial charge in [-0.2, -0.15) is 0 Å². The molecule has 0 aliphatic heterocycles. The Kier molecular flexibility index (Phi) is 3.60. The van der Waals surface area contributed by atoms with Crippen LogP contribution in [0.2, 0.25) is 0 Å². The van der Waals surface area contributed by atoms with Crippen LogP contribution in [0.25, 0.3) is 5.57 Å². The first-order valence-electron chi connectivity index (χ1n) is 10.4. The highest BCUT2D eigenvalue weighted by Gasteiger charge is 2.58. The molecule has 26 heavy (non-hydrogen) atoms. The van der Waals surface area contributed by atoms with Crippen LogP contribution >= 0.6 is 0 Å². The maximum atomic E-state index is 10.2. The van der Waals surface area contributed by atoms with E-state index in [1.165, 1.54) is 24.8 Å². The molecule has 0 aromatic carbocycles. The van der Waals surface area contributed by atoms with Crippen LogP contribution in [0.15, 0.2) is 34.8 Å². The normalized spacial score (nSPS) is 47.5. The highest BCUT2D eigenvalue weighted by atomic mass is 16.3. The van der Waals surface area contributed by atoms with Crippen molar-refractivity contribution in [3.63, 3.8) is 0 Å². The van der Waals surface area contributed by atoms with E-state index in [9.17, 15) is 5.11 Å². The number of rotatable bonds is 1. The second-order valence-electron chi connectivity index (χ2n) is 9.84. The van der Waals surface area contributed by atoms with Crippen LogP contribution in [0.3, 0.4) is 0 Å². The Labute approximate surface area is 156 Å². The van der Waals surface area contributed by atoms with Crippen molar-refractivity contribution in [3.8, 4) is 0 Å². The van der Waals surface area contributed by atoms with Gasteiger partial charge in [0.15, 0.2) is 6.39 Å². The van der Waals surface area contributed by atoms with E-state index in [2.05, 4.69) is 37.9 Å². The molecule has 140 valence electrons. The molecule has 1 aromatic heterocycles. The Hall–Kier alpha value is -1.35. The van der Waals surface area contributed by atoms with E-state index in [1.807, 2.05) is 6.26 Å². The summed E-state index contributed by atoms with van der Waals surface area (Å²) >= 11 is 0. The maximum Gasteiger partial charge on any atom is 0.181 e. The summed E-state index contributed by atoms with van der Waals surface area (Å²) in [6, 6.07) is 0. The summed E-state index contributed by atoms with van der Waals surface area (Å²) in [6.07, 6.45) is 15.0. The molecule has 0 radical (unpaired) electrons. The first-order chi connectivity index (χ1) is 12.4. The Balaban J connectivity index is 1.52. The fraction of sp³-hybridized carbons (Fsp3) is 0.696. The van der Waals surface area contributed by atoms with E-state index >= 15 is 0 Å². The standard InChI is InChI=1S/C23H31NO2/c1-14-10-15-11-16(25)6-8-22(15,2)19-7-9-23(3)17(20-12-26-13-24-20)4-5-18(23)21(14)19/h4,10,12-14,16,18-19,21,25H,5-9,11H2,1-3H3/t14-,16-,18+,19+,21+,22+,23-/m1/s1. The zero-order chi connectivity index (χ0) is 18.1. The molecule has 4 aliphatic rings. The average molecular weight is 354 g/mol. The van der Waals surface area contributed by atoms with Crippen molar-refractivity contribution in [2.75, 3.05) is 0 Å². The monoisotopic (exact) mass is 353 g/mol. The van der Waals surface area contributed by atoms with Crippen molar-refractivity contribution < 1.29 is 9.52 Å². The van der Waals surface area contributed by atoms with Gasteiger partial charge in [-0.3, -0.25) is 0 Å². The van der Waals surface area contributed by atoms with Crippen LogP contribution in [-0.4, -0.2) is 16.2 Å². The van der Waals surface area contributed by atoms with E-state index in [1.54, 1.807) is 12.0 Å². The van der Waals surface area contributed by atoms with Crippen LogP contribution in [0, 0.1) is 34.5 Å². The fourth-order valence-corrected chi connectivity index (χ4v) is 7.31. The quantitative estimate of drug-likeness (QED) is 0.703. The summed E-state index contributed by atoms with van der Waals surface area (Å²) < 4.78 is 5.29. The summed E-state index contributed by atoms with van der Waals surface area (Å²) in [7, 11) is 0. The van der Waals surface area contributed by atoms with Gasteiger partial charge in [-0.25, -0.2) is 4.98 Å². The number of fused-ring (bicyclic) bond motifs is 5. The van der Waals surface area contributed by atoms with Crippen molar-refractivity contribution in [2.45, 2.75) is 65.4 Å². The number of aliphatic hydroxyl groups is 1. The smallest absolute Gasteiger partial charge is 0.181 e. The number of hydrogen-bond acceptors (Lipinski definition) is 3. The molecule has 0 amide bonds. The molecule has 2 fully saturated rings. The van der Waals surface area contributed by atoms with Crippen molar-refractivity contribution in [1.82, 2.24) is 4.98 Å². The molecule has 0 bridgehead atoms. The molecule has 3 heteroatoms. The summed E-state index contributed by atoms with van der Waals surface area (Å²) in [5.74, 6) is 2.79. The van der Waals surface area contributed by atoms with Crippen molar-refractivity contribution in [1.29, 1.82) is 0 Å². The number of allylic oxidation sites excluding steroid dienone is 3. The molecule has 7 atom stereocenters. The topological polar surface area (TPSA) is 46.3 Å². The van der Waals surface area contributed by atoms with Gasteiger partial charge in [0, 0.05) is 0 Å². The Morgan fingerprint density at radius 1 is 1.15 bits per heavy atom. The first kappa shape index (κ1) is 16.8. The molecule has 0 spiro atoms. The predicted octanol–water partition coefficient (Wildman–Crippen LogP) is 5.24. The van der Waals surface area contributed by atoms with Gasteiger partial charge < -0.3 is 9.52 Å². The lowest BCUT2D eigenvalue weighted by molar-refractivity contribution is -0.0426. The van der Waals surface area contributed by atoms with E-state index in [-0.39, 0.29) is 11.5 Å². The van der Waals surface area contributed by atoms with E-state index in [4.69, 9.17) is 4.42 Å². The lowest BCUT2D eigenvalue weighted by Gasteiger charge is -2.59. The molecule has 0 unspecified atom stereocenters. The third kappa shape index (κ3) is 2.13. The van der Waals surface area contributed by atoms with Crippen molar-refractivity contribution >= 4 is 5.57 Å². The lowest BCUT2D eigenvalue weighted by Crippen LogP contribution is -2.52. The van der Waals surface area contributed by atoms with Crippen LogP contribution < -0.4 is 0 Å².